The molecule has 0 saturated heterocycles. The van der Waals surface area contributed by atoms with E-state index in [-0.39, 0.29) is 6.42 Å². The first-order valence-corrected chi connectivity index (χ1v) is 12.1. The Morgan fingerprint density at radius 3 is 2.57 bits per heavy atom. The third kappa shape index (κ3) is 3.31. The lowest BCUT2D eigenvalue weighted by Crippen LogP contribution is -2.51. The molecule has 146 valence electrons. The van der Waals surface area contributed by atoms with Crippen molar-refractivity contribution in [2.75, 3.05) is 33.1 Å². The Bertz CT molecular complexity index is 978. The molecule has 0 spiro atoms. The molecule has 1 heterocycles. The van der Waals surface area contributed by atoms with Crippen LogP contribution in [0.15, 0.2) is 59.5 Å². The average Bonchev–Trinajstić information content (AvgIpc) is 2.66. The predicted octanol–water partition coefficient (Wildman–Crippen LogP) is 1.81. The van der Waals surface area contributed by atoms with Crippen molar-refractivity contribution >= 4 is 36.2 Å². The lowest BCUT2D eigenvalue weighted by molar-refractivity contribution is -0.462. The number of fused-ring (bicyclic) bond motifs is 2. The predicted molar refractivity (Wildman–Crippen MR) is 118 cm³/mol. The number of aliphatic carboxylic acids is 1. The Balaban J connectivity index is 2.33. The highest BCUT2D eigenvalue weighted by Crippen LogP contribution is 2.41. The molecule has 5 heteroatoms. The minimum atomic E-state index is -2.18. The second kappa shape index (κ2) is 7.39. The maximum atomic E-state index is 11.2. The monoisotopic (exact) mass is 392 g/mol. The van der Waals surface area contributed by atoms with Crippen molar-refractivity contribution in [1.82, 2.24) is 0 Å². The van der Waals surface area contributed by atoms with E-state index in [1.54, 1.807) is 0 Å². The summed E-state index contributed by atoms with van der Waals surface area (Å²) < 4.78 is 2.10. The van der Waals surface area contributed by atoms with Crippen LogP contribution in [-0.4, -0.2) is 52.5 Å². The number of carboxylic acid groups (broad SMARTS) is 1. The van der Waals surface area contributed by atoms with Gasteiger partial charge in [0.1, 0.15) is 22.2 Å². The Morgan fingerprint density at radius 2 is 2.00 bits per heavy atom. The molecule has 0 radical (unpaired) electrons. The van der Waals surface area contributed by atoms with Gasteiger partial charge in [0.2, 0.25) is 0 Å². The molecule has 1 aliphatic heterocycles. The molecule has 1 aromatic carbocycles. The second-order valence-electron chi connectivity index (χ2n) is 8.01. The minimum absolute atomic E-state index is 0.0193. The van der Waals surface area contributed by atoms with Gasteiger partial charge in [-0.15, -0.1) is 6.58 Å². The molecule has 28 heavy (non-hydrogen) atoms. The lowest BCUT2D eigenvalue weighted by Gasteiger charge is -2.38. The third-order valence-corrected chi connectivity index (χ3v) is 9.68. The van der Waals surface area contributed by atoms with E-state index >= 15 is 0 Å². The van der Waals surface area contributed by atoms with Crippen LogP contribution in [0.1, 0.15) is 18.4 Å². The van der Waals surface area contributed by atoms with Gasteiger partial charge in [-0.2, -0.15) is 0 Å². The number of hydrogen-bond donors (Lipinski definition) is 0. The number of benzene rings is 1. The summed E-state index contributed by atoms with van der Waals surface area (Å²) in [5.74, 6) is -1.01. The largest absolute Gasteiger partial charge is 0.550 e. The normalized spacial score (nSPS) is 20.3. The lowest BCUT2D eigenvalue weighted by atomic mass is 9.91. The van der Waals surface area contributed by atoms with E-state index in [1.807, 2.05) is 28.2 Å². The summed E-state index contributed by atoms with van der Waals surface area (Å²) in [6.45, 7) is 6.55. The first-order chi connectivity index (χ1) is 13.2. The van der Waals surface area contributed by atoms with Crippen LogP contribution < -0.4 is 15.2 Å². The van der Waals surface area contributed by atoms with Crippen LogP contribution in [0.25, 0.3) is 5.57 Å². The third-order valence-electron chi connectivity index (χ3n) is 5.80. The molecule has 0 N–H and O–H groups in total. The zero-order chi connectivity index (χ0) is 20.6. The molecule has 1 aliphatic carbocycles. The van der Waals surface area contributed by atoms with Crippen molar-refractivity contribution < 1.29 is 14.5 Å². The first-order valence-electron chi connectivity index (χ1n) is 9.52. The quantitative estimate of drug-likeness (QED) is 0.567. The van der Waals surface area contributed by atoms with Gasteiger partial charge in [0.25, 0.3) is 0 Å². The van der Waals surface area contributed by atoms with Crippen LogP contribution in [0.4, 0.5) is 5.69 Å². The molecule has 4 nitrogen and oxygen atoms in total. The smallest absolute Gasteiger partial charge is 0.199 e. The number of anilines is 1. The highest BCUT2D eigenvalue weighted by molar-refractivity contribution is 7.02. The highest BCUT2D eigenvalue weighted by atomic mass is 28.3. The minimum Gasteiger partial charge on any atom is -0.550 e. The van der Waals surface area contributed by atoms with Gasteiger partial charge >= 0.3 is 0 Å². The maximum Gasteiger partial charge on any atom is 0.199 e. The number of carbonyl (C=O) groups excluding carboxylic acids is 1. The van der Waals surface area contributed by atoms with Crippen molar-refractivity contribution in [2.45, 2.75) is 19.4 Å². The molecule has 0 fully saturated rings. The zero-order valence-corrected chi connectivity index (χ0v) is 18.4. The second-order valence-corrected chi connectivity index (χ2v) is 11.9. The van der Waals surface area contributed by atoms with E-state index in [0.29, 0.717) is 6.42 Å². The number of hydrogen-bond acceptors (Lipinski definition) is 3. The molecule has 0 bridgehead atoms. The Hall–Kier alpha value is -2.66. The number of rotatable bonds is 5. The number of allylic oxidation sites excluding steroid dienone is 6. The van der Waals surface area contributed by atoms with Crippen LogP contribution in [0.5, 0.6) is 0 Å². The highest BCUT2D eigenvalue weighted by Gasteiger charge is 2.41. The van der Waals surface area contributed by atoms with Gasteiger partial charge in [-0.1, -0.05) is 18.3 Å². The van der Waals surface area contributed by atoms with Crippen LogP contribution in [-0.2, 0) is 4.79 Å². The molecule has 0 amide bonds. The van der Waals surface area contributed by atoms with Crippen molar-refractivity contribution in [3.63, 3.8) is 0 Å². The van der Waals surface area contributed by atoms with E-state index in [1.165, 1.54) is 10.4 Å². The number of carboxylic acids is 1. The molecule has 1 atom stereocenters. The van der Waals surface area contributed by atoms with Crippen molar-refractivity contribution in [3.8, 4) is 0 Å². The molecule has 2 aliphatic rings. The number of nitrogens with zero attached hydrogens (tertiary/aromatic N) is 2. The summed E-state index contributed by atoms with van der Waals surface area (Å²) in [5.41, 5.74) is 7.84. The topological polar surface area (TPSA) is 46.4 Å². The standard InChI is InChI=1S/C23H28N2O2Si/c1-7-28(6)21-14-16(24(2)3)8-10-19(21)18(12-13-23(26)27)20-11-9-17(25(4)5)15-22(20)28/h7-11,14-15H,1,12-13H2,2-6H3. The van der Waals surface area contributed by atoms with Crippen LogP contribution >= 0.6 is 0 Å². The summed E-state index contributed by atoms with van der Waals surface area (Å²) in [4.78, 5) is 13.3. The fourth-order valence-corrected chi connectivity index (χ4v) is 7.23. The Morgan fingerprint density at radius 1 is 1.29 bits per heavy atom. The van der Waals surface area contributed by atoms with Crippen LogP contribution in [0.2, 0.25) is 6.55 Å². The first kappa shape index (κ1) is 20.1. The summed E-state index contributed by atoms with van der Waals surface area (Å²) in [6.07, 6.45) is 6.99. The SMILES string of the molecule is C=C[Si]1(C)C2=CC(=[N+](C)C)C=CC2=C(CCC(=O)[O-])c2ccc(N(C)C)cc21. The fourth-order valence-electron chi connectivity index (χ4n) is 4.01. The average molecular weight is 393 g/mol. The van der Waals surface area contributed by atoms with Gasteiger partial charge < -0.3 is 14.8 Å². The van der Waals surface area contributed by atoms with Crippen LogP contribution in [0.3, 0.4) is 0 Å². The van der Waals surface area contributed by atoms with E-state index in [9.17, 15) is 9.90 Å². The zero-order valence-electron chi connectivity index (χ0n) is 17.4. The van der Waals surface area contributed by atoms with Gasteiger partial charge in [0, 0.05) is 37.9 Å². The van der Waals surface area contributed by atoms with E-state index in [0.717, 1.165) is 28.1 Å². The van der Waals surface area contributed by atoms with Crippen LogP contribution in [0, 0.1) is 0 Å². The van der Waals surface area contributed by atoms with Crippen molar-refractivity contribution in [1.29, 1.82) is 0 Å². The fraction of sp³-hybridized carbons (Fsp3) is 0.304. The molecular weight excluding hydrogens is 364 g/mol. The summed E-state index contributed by atoms with van der Waals surface area (Å²) in [6, 6.07) is 6.51. The Kier molecular flexibility index (Phi) is 5.30. The van der Waals surface area contributed by atoms with E-state index < -0.39 is 14.0 Å². The summed E-state index contributed by atoms with van der Waals surface area (Å²) >= 11 is 0. The van der Waals surface area contributed by atoms with Gasteiger partial charge in [-0.3, -0.25) is 0 Å². The van der Waals surface area contributed by atoms with E-state index in [4.69, 9.17) is 0 Å². The van der Waals surface area contributed by atoms with Crippen molar-refractivity contribution in [3.05, 3.63) is 65.0 Å². The molecular formula is C23H28N2O2Si. The molecule has 0 saturated carbocycles. The van der Waals surface area contributed by atoms with E-state index in [2.05, 4.69) is 64.7 Å². The molecule has 1 unspecified atom stereocenters. The van der Waals surface area contributed by atoms with Gasteiger partial charge in [-0.25, -0.2) is 4.58 Å². The molecule has 3 rings (SSSR count). The summed E-state index contributed by atoms with van der Waals surface area (Å²) in [7, 11) is 5.97. The van der Waals surface area contributed by atoms with Gasteiger partial charge in [-0.05, 0) is 58.1 Å². The maximum absolute atomic E-state index is 11.2. The molecule has 1 aromatic rings. The van der Waals surface area contributed by atoms with Gasteiger partial charge in [0.05, 0.1) is 0 Å². The van der Waals surface area contributed by atoms with Crippen molar-refractivity contribution in [2.24, 2.45) is 0 Å². The molecule has 0 aromatic heterocycles. The summed E-state index contributed by atoms with van der Waals surface area (Å²) in [5, 5.41) is 13.8. The van der Waals surface area contributed by atoms with Gasteiger partial charge in [0.15, 0.2) is 5.71 Å². The Labute approximate surface area is 168 Å². The number of carbonyl (C=O) groups is 1.